The van der Waals surface area contributed by atoms with E-state index in [1.165, 1.54) is 5.57 Å². The molecule has 0 amide bonds. The lowest BCUT2D eigenvalue weighted by atomic mass is 9.94. The van der Waals surface area contributed by atoms with Crippen LogP contribution in [0.25, 0.3) is 0 Å². The average Bonchev–Trinajstić information content (AvgIpc) is 1.79. The average molecular weight is 149 g/mol. The van der Waals surface area contributed by atoms with Gasteiger partial charge in [-0.2, -0.15) is 0 Å². The van der Waals surface area contributed by atoms with E-state index in [9.17, 15) is 0 Å². The number of hydrogen-bond donors (Lipinski definition) is 1. The van der Waals surface area contributed by atoms with E-state index in [1.807, 2.05) is 13.0 Å². The van der Waals surface area contributed by atoms with Crippen LogP contribution in [0, 0.1) is 5.92 Å². The second kappa shape index (κ2) is 3.54. The fraction of sp³-hybridized carbons (Fsp3) is 0.400. The Kier molecular flexibility index (Phi) is 2.66. The SMILES string of the molecule is C=C(C)/C=C\C(=C)C1CNC1. The summed E-state index contributed by atoms with van der Waals surface area (Å²) in [6.07, 6.45) is 4.08. The largest absolute Gasteiger partial charge is 0.315 e. The van der Waals surface area contributed by atoms with E-state index in [2.05, 4.69) is 24.6 Å². The van der Waals surface area contributed by atoms with Gasteiger partial charge < -0.3 is 5.32 Å². The van der Waals surface area contributed by atoms with Gasteiger partial charge in [0.2, 0.25) is 0 Å². The smallest absolute Gasteiger partial charge is 0.00827 e. The monoisotopic (exact) mass is 149 g/mol. The summed E-state index contributed by atoms with van der Waals surface area (Å²) in [5, 5.41) is 3.21. The maximum Gasteiger partial charge on any atom is 0.00827 e. The van der Waals surface area contributed by atoms with Gasteiger partial charge in [-0.1, -0.05) is 30.9 Å². The molecular weight excluding hydrogens is 134 g/mol. The Morgan fingerprint density at radius 1 is 1.36 bits per heavy atom. The molecular formula is C10H15N. The third-order valence-electron chi connectivity index (χ3n) is 1.89. The highest BCUT2D eigenvalue weighted by Gasteiger charge is 2.17. The molecule has 0 spiro atoms. The maximum atomic E-state index is 3.98. The van der Waals surface area contributed by atoms with Crippen molar-refractivity contribution >= 4 is 0 Å². The van der Waals surface area contributed by atoms with Crippen molar-refractivity contribution in [2.75, 3.05) is 13.1 Å². The Bertz CT molecular complexity index is 197. The summed E-state index contributed by atoms with van der Waals surface area (Å²) in [5.74, 6) is 0.658. The summed E-state index contributed by atoms with van der Waals surface area (Å²) in [6.45, 7) is 11.9. The molecule has 0 aliphatic carbocycles. The van der Waals surface area contributed by atoms with Crippen molar-refractivity contribution in [1.29, 1.82) is 0 Å². The van der Waals surface area contributed by atoms with Crippen LogP contribution in [0.3, 0.4) is 0 Å². The molecule has 60 valence electrons. The van der Waals surface area contributed by atoms with Crippen molar-refractivity contribution in [3.8, 4) is 0 Å². The van der Waals surface area contributed by atoms with Gasteiger partial charge in [-0.05, 0) is 12.5 Å². The minimum atomic E-state index is 0.658. The van der Waals surface area contributed by atoms with E-state index in [0.717, 1.165) is 18.7 Å². The van der Waals surface area contributed by atoms with Crippen LogP contribution in [0.2, 0.25) is 0 Å². The number of hydrogen-bond acceptors (Lipinski definition) is 1. The molecule has 0 atom stereocenters. The van der Waals surface area contributed by atoms with Gasteiger partial charge in [0.25, 0.3) is 0 Å². The standard InChI is InChI=1S/C10H15N/c1-8(2)4-5-9(3)10-6-11-7-10/h4-5,10-11H,1,3,6-7H2,2H3/b5-4-. The van der Waals surface area contributed by atoms with Crippen LogP contribution in [-0.2, 0) is 0 Å². The van der Waals surface area contributed by atoms with Crippen molar-refractivity contribution in [2.24, 2.45) is 5.92 Å². The van der Waals surface area contributed by atoms with Gasteiger partial charge in [0.1, 0.15) is 0 Å². The van der Waals surface area contributed by atoms with Crippen LogP contribution in [-0.4, -0.2) is 13.1 Å². The molecule has 1 aliphatic rings. The van der Waals surface area contributed by atoms with Crippen LogP contribution in [0.4, 0.5) is 0 Å². The van der Waals surface area contributed by atoms with Crippen LogP contribution < -0.4 is 5.32 Å². The molecule has 1 rings (SSSR count). The lowest BCUT2D eigenvalue weighted by molar-refractivity contribution is 0.406. The highest BCUT2D eigenvalue weighted by Crippen LogP contribution is 2.14. The minimum absolute atomic E-state index is 0.658. The molecule has 1 saturated heterocycles. The Hall–Kier alpha value is -0.820. The first-order valence-electron chi connectivity index (χ1n) is 3.93. The normalized spacial score (nSPS) is 18.3. The quantitative estimate of drug-likeness (QED) is 0.604. The van der Waals surface area contributed by atoms with Gasteiger partial charge in [-0.25, -0.2) is 0 Å². The van der Waals surface area contributed by atoms with E-state index in [0.29, 0.717) is 5.92 Å². The summed E-state index contributed by atoms with van der Waals surface area (Å²) in [7, 11) is 0. The predicted molar refractivity (Wildman–Crippen MR) is 49.5 cm³/mol. The lowest BCUT2D eigenvalue weighted by Crippen LogP contribution is -2.42. The summed E-state index contributed by atoms with van der Waals surface area (Å²) in [5.41, 5.74) is 2.30. The van der Waals surface area contributed by atoms with Crippen LogP contribution in [0.15, 0.2) is 36.5 Å². The first-order chi connectivity index (χ1) is 5.20. The Morgan fingerprint density at radius 3 is 2.36 bits per heavy atom. The predicted octanol–water partition coefficient (Wildman–Crippen LogP) is 1.89. The highest BCUT2D eigenvalue weighted by atomic mass is 14.9. The molecule has 1 N–H and O–H groups in total. The van der Waals surface area contributed by atoms with Crippen molar-refractivity contribution in [3.63, 3.8) is 0 Å². The van der Waals surface area contributed by atoms with Gasteiger partial charge in [0, 0.05) is 19.0 Å². The topological polar surface area (TPSA) is 12.0 Å². The van der Waals surface area contributed by atoms with Gasteiger partial charge in [0.05, 0.1) is 0 Å². The van der Waals surface area contributed by atoms with Gasteiger partial charge in [-0.15, -0.1) is 0 Å². The Morgan fingerprint density at radius 2 is 2.00 bits per heavy atom. The van der Waals surface area contributed by atoms with Crippen molar-refractivity contribution in [1.82, 2.24) is 5.32 Å². The zero-order valence-corrected chi connectivity index (χ0v) is 7.06. The lowest BCUT2D eigenvalue weighted by Gasteiger charge is -2.27. The molecule has 1 heterocycles. The number of nitrogens with one attached hydrogen (secondary N) is 1. The molecule has 0 unspecified atom stereocenters. The summed E-state index contributed by atoms with van der Waals surface area (Å²) < 4.78 is 0. The third kappa shape index (κ3) is 2.35. The van der Waals surface area contributed by atoms with Crippen LogP contribution in [0.5, 0.6) is 0 Å². The third-order valence-corrected chi connectivity index (χ3v) is 1.89. The van der Waals surface area contributed by atoms with Gasteiger partial charge >= 0.3 is 0 Å². The fourth-order valence-corrected chi connectivity index (χ4v) is 0.936. The minimum Gasteiger partial charge on any atom is -0.315 e. The van der Waals surface area contributed by atoms with E-state index in [4.69, 9.17) is 0 Å². The second-order valence-electron chi connectivity index (χ2n) is 3.11. The number of allylic oxidation sites excluding steroid dienone is 3. The fourth-order valence-electron chi connectivity index (χ4n) is 0.936. The van der Waals surface area contributed by atoms with E-state index in [1.54, 1.807) is 0 Å². The zero-order valence-electron chi connectivity index (χ0n) is 7.06. The zero-order chi connectivity index (χ0) is 8.27. The second-order valence-corrected chi connectivity index (χ2v) is 3.11. The Balaban J connectivity index is 2.36. The molecule has 11 heavy (non-hydrogen) atoms. The highest BCUT2D eigenvalue weighted by molar-refractivity contribution is 5.26. The molecule has 0 radical (unpaired) electrons. The molecule has 1 heteroatoms. The van der Waals surface area contributed by atoms with Crippen molar-refractivity contribution < 1.29 is 0 Å². The van der Waals surface area contributed by atoms with Gasteiger partial charge in [0.15, 0.2) is 0 Å². The van der Waals surface area contributed by atoms with E-state index < -0.39 is 0 Å². The van der Waals surface area contributed by atoms with Crippen molar-refractivity contribution in [3.05, 3.63) is 36.5 Å². The number of rotatable bonds is 3. The van der Waals surface area contributed by atoms with Crippen molar-refractivity contribution in [2.45, 2.75) is 6.92 Å². The molecule has 1 aliphatic heterocycles. The molecule has 1 fully saturated rings. The van der Waals surface area contributed by atoms with E-state index in [-0.39, 0.29) is 0 Å². The summed E-state index contributed by atoms with van der Waals surface area (Å²) in [4.78, 5) is 0. The molecule has 0 bridgehead atoms. The molecule has 0 aromatic rings. The van der Waals surface area contributed by atoms with Crippen LogP contribution in [0.1, 0.15) is 6.92 Å². The van der Waals surface area contributed by atoms with E-state index >= 15 is 0 Å². The Labute approximate surface area is 68.5 Å². The van der Waals surface area contributed by atoms with Crippen LogP contribution >= 0.6 is 0 Å². The molecule has 1 nitrogen and oxygen atoms in total. The summed E-state index contributed by atoms with van der Waals surface area (Å²) >= 11 is 0. The maximum absolute atomic E-state index is 3.98. The molecule has 0 saturated carbocycles. The first kappa shape index (κ1) is 8.28. The first-order valence-corrected chi connectivity index (χ1v) is 3.93. The molecule has 0 aromatic carbocycles. The molecule has 0 aromatic heterocycles. The summed E-state index contributed by atoms with van der Waals surface area (Å²) in [6, 6.07) is 0. The van der Waals surface area contributed by atoms with Gasteiger partial charge in [-0.3, -0.25) is 0 Å².